The molecule has 0 radical (unpaired) electrons. The van der Waals surface area contributed by atoms with Gasteiger partial charge in [0.2, 0.25) is 0 Å². The second kappa shape index (κ2) is 8.39. The van der Waals surface area contributed by atoms with Gasteiger partial charge in [-0.25, -0.2) is 9.37 Å². The van der Waals surface area contributed by atoms with Crippen LogP contribution in [0.3, 0.4) is 0 Å². The molecule has 0 aliphatic heterocycles. The number of aromatic nitrogens is 1. The summed E-state index contributed by atoms with van der Waals surface area (Å²) in [4.78, 5) is 5.32. The summed E-state index contributed by atoms with van der Waals surface area (Å²) < 4.78 is 13.2. The van der Waals surface area contributed by atoms with Gasteiger partial charge in [-0.1, -0.05) is 13.0 Å². The quantitative estimate of drug-likeness (QED) is 0.746. The molecule has 1 aromatic heterocycles. The average Bonchev–Trinajstić information content (AvgIpc) is 2.95. The Hall–Kier alpha value is -0.910. The van der Waals surface area contributed by atoms with Crippen molar-refractivity contribution < 1.29 is 4.39 Å². The minimum Gasteiger partial charge on any atom is -0.313 e. The van der Waals surface area contributed by atoms with Gasteiger partial charge in [-0.3, -0.25) is 0 Å². The number of benzene rings is 1. The van der Waals surface area contributed by atoms with E-state index in [2.05, 4.69) is 17.2 Å². The van der Waals surface area contributed by atoms with Crippen molar-refractivity contribution in [3.63, 3.8) is 0 Å². The molecule has 5 heteroatoms. The first-order valence-electron chi connectivity index (χ1n) is 6.78. The summed E-state index contributed by atoms with van der Waals surface area (Å²) in [6.07, 6.45) is 3.88. The van der Waals surface area contributed by atoms with Crippen LogP contribution in [0.25, 0.3) is 0 Å². The Morgan fingerprint density at radius 1 is 1.45 bits per heavy atom. The zero-order valence-electron chi connectivity index (χ0n) is 11.5. The number of thiazole rings is 1. The van der Waals surface area contributed by atoms with Crippen LogP contribution >= 0.6 is 23.1 Å². The molecular formula is C15H19FN2S2. The summed E-state index contributed by atoms with van der Waals surface area (Å²) in [5.41, 5.74) is 0. The Morgan fingerprint density at radius 2 is 2.35 bits per heavy atom. The van der Waals surface area contributed by atoms with Crippen molar-refractivity contribution in [1.82, 2.24) is 10.3 Å². The summed E-state index contributed by atoms with van der Waals surface area (Å²) in [7, 11) is 0. The van der Waals surface area contributed by atoms with E-state index < -0.39 is 0 Å². The Balaban J connectivity index is 1.89. The third-order valence-corrected chi connectivity index (χ3v) is 4.79. The molecule has 108 valence electrons. The predicted octanol–water partition coefficient (Wildman–Crippen LogP) is 3.99. The van der Waals surface area contributed by atoms with Crippen LogP contribution in [-0.4, -0.2) is 23.3 Å². The molecule has 2 aromatic rings. The number of nitrogens with zero attached hydrogens (tertiary/aromatic N) is 1. The predicted molar refractivity (Wildman–Crippen MR) is 85.0 cm³/mol. The number of hydrogen-bond donors (Lipinski definition) is 1. The lowest BCUT2D eigenvalue weighted by molar-refractivity contribution is 0.549. The molecule has 0 saturated heterocycles. The molecular weight excluding hydrogens is 291 g/mol. The zero-order valence-corrected chi connectivity index (χ0v) is 13.1. The van der Waals surface area contributed by atoms with Gasteiger partial charge < -0.3 is 5.32 Å². The number of rotatable bonds is 8. The van der Waals surface area contributed by atoms with E-state index in [0.29, 0.717) is 6.04 Å². The third-order valence-electron chi connectivity index (χ3n) is 2.83. The van der Waals surface area contributed by atoms with Crippen molar-refractivity contribution >= 4 is 23.1 Å². The van der Waals surface area contributed by atoms with Crippen LogP contribution in [-0.2, 0) is 6.42 Å². The molecule has 1 aromatic carbocycles. The van der Waals surface area contributed by atoms with E-state index in [9.17, 15) is 4.39 Å². The fourth-order valence-electron chi connectivity index (χ4n) is 1.86. The molecule has 1 unspecified atom stereocenters. The second-order valence-electron chi connectivity index (χ2n) is 4.55. The topological polar surface area (TPSA) is 24.9 Å². The lowest BCUT2D eigenvalue weighted by Crippen LogP contribution is -2.34. The maximum Gasteiger partial charge on any atom is 0.124 e. The zero-order chi connectivity index (χ0) is 14.2. The number of hydrogen-bond acceptors (Lipinski definition) is 4. The highest BCUT2D eigenvalue weighted by Gasteiger charge is 2.11. The molecule has 0 saturated carbocycles. The van der Waals surface area contributed by atoms with Crippen LogP contribution < -0.4 is 5.32 Å². The Labute approximate surface area is 127 Å². The van der Waals surface area contributed by atoms with E-state index >= 15 is 0 Å². The standard InChI is InChI=1S/C15H19FN2S2/c1-2-6-17-13(10-15-18-7-8-19-15)11-20-14-5-3-4-12(16)9-14/h3-5,7-9,13,17H,2,6,10-11H2,1H3. The van der Waals surface area contributed by atoms with Crippen molar-refractivity contribution in [3.05, 3.63) is 46.7 Å². The number of thioether (sulfide) groups is 1. The highest BCUT2D eigenvalue weighted by atomic mass is 32.2. The van der Waals surface area contributed by atoms with Crippen LogP contribution in [0.5, 0.6) is 0 Å². The van der Waals surface area contributed by atoms with Gasteiger partial charge in [0.1, 0.15) is 5.82 Å². The fraction of sp³-hybridized carbons (Fsp3) is 0.400. The van der Waals surface area contributed by atoms with Gasteiger partial charge in [0.25, 0.3) is 0 Å². The van der Waals surface area contributed by atoms with Crippen LogP contribution in [0, 0.1) is 5.82 Å². The van der Waals surface area contributed by atoms with Crippen molar-refractivity contribution in [2.45, 2.75) is 30.7 Å². The van der Waals surface area contributed by atoms with Gasteiger partial charge in [0.15, 0.2) is 0 Å². The summed E-state index contributed by atoms with van der Waals surface area (Å²) in [5.74, 6) is 0.747. The Kier molecular flexibility index (Phi) is 6.50. The molecule has 0 aliphatic rings. The number of halogens is 1. The summed E-state index contributed by atoms with van der Waals surface area (Å²) >= 11 is 3.38. The minimum atomic E-state index is -0.173. The van der Waals surface area contributed by atoms with E-state index in [1.165, 1.54) is 6.07 Å². The van der Waals surface area contributed by atoms with E-state index in [0.717, 1.165) is 35.0 Å². The van der Waals surface area contributed by atoms with Crippen LogP contribution in [0.15, 0.2) is 40.7 Å². The van der Waals surface area contributed by atoms with Gasteiger partial charge in [-0.05, 0) is 31.2 Å². The van der Waals surface area contributed by atoms with Crippen molar-refractivity contribution in [2.24, 2.45) is 0 Å². The molecule has 0 spiro atoms. The van der Waals surface area contributed by atoms with E-state index in [1.54, 1.807) is 35.2 Å². The normalized spacial score (nSPS) is 12.5. The lowest BCUT2D eigenvalue weighted by Gasteiger charge is -2.17. The molecule has 20 heavy (non-hydrogen) atoms. The van der Waals surface area contributed by atoms with Crippen molar-refractivity contribution in [3.8, 4) is 0 Å². The molecule has 2 rings (SSSR count). The van der Waals surface area contributed by atoms with Gasteiger partial charge in [0, 0.05) is 34.7 Å². The van der Waals surface area contributed by atoms with Crippen LogP contribution in [0.2, 0.25) is 0 Å². The molecule has 1 N–H and O–H groups in total. The molecule has 1 heterocycles. The first kappa shape index (κ1) is 15.5. The van der Waals surface area contributed by atoms with Gasteiger partial charge in [-0.15, -0.1) is 23.1 Å². The Morgan fingerprint density at radius 3 is 3.05 bits per heavy atom. The highest BCUT2D eigenvalue weighted by Crippen LogP contribution is 2.21. The second-order valence-corrected chi connectivity index (χ2v) is 6.62. The largest absolute Gasteiger partial charge is 0.313 e. The minimum absolute atomic E-state index is 0.173. The van der Waals surface area contributed by atoms with Gasteiger partial charge >= 0.3 is 0 Å². The average molecular weight is 310 g/mol. The van der Waals surface area contributed by atoms with Crippen molar-refractivity contribution in [2.75, 3.05) is 12.3 Å². The van der Waals surface area contributed by atoms with Gasteiger partial charge in [0.05, 0.1) is 5.01 Å². The fourth-order valence-corrected chi connectivity index (χ4v) is 3.55. The molecule has 0 amide bonds. The number of nitrogens with one attached hydrogen (secondary N) is 1. The van der Waals surface area contributed by atoms with Crippen LogP contribution in [0.1, 0.15) is 18.4 Å². The maximum absolute atomic E-state index is 13.2. The van der Waals surface area contributed by atoms with E-state index in [4.69, 9.17) is 0 Å². The van der Waals surface area contributed by atoms with E-state index in [1.807, 2.05) is 17.6 Å². The summed E-state index contributed by atoms with van der Waals surface area (Å²) in [6.45, 7) is 3.16. The molecule has 0 bridgehead atoms. The molecule has 0 aliphatic carbocycles. The third kappa shape index (κ3) is 5.23. The molecule has 0 fully saturated rings. The summed E-state index contributed by atoms with van der Waals surface area (Å²) in [6, 6.07) is 7.15. The Bertz CT molecular complexity index is 502. The smallest absolute Gasteiger partial charge is 0.124 e. The van der Waals surface area contributed by atoms with E-state index in [-0.39, 0.29) is 5.82 Å². The first-order chi connectivity index (χ1) is 9.78. The maximum atomic E-state index is 13.2. The summed E-state index contributed by atoms with van der Waals surface area (Å²) in [5, 5.41) is 6.70. The lowest BCUT2D eigenvalue weighted by atomic mass is 10.2. The highest BCUT2D eigenvalue weighted by molar-refractivity contribution is 7.99. The SMILES string of the molecule is CCCNC(CSc1cccc(F)c1)Cc1nccs1. The molecule has 2 nitrogen and oxygen atoms in total. The van der Waals surface area contributed by atoms with Crippen molar-refractivity contribution in [1.29, 1.82) is 0 Å². The van der Waals surface area contributed by atoms with Gasteiger partial charge in [-0.2, -0.15) is 0 Å². The monoisotopic (exact) mass is 310 g/mol. The van der Waals surface area contributed by atoms with Crippen LogP contribution in [0.4, 0.5) is 4.39 Å². The molecule has 1 atom stereocenters. The first-order valence-corrected chi connectivity index (χ1v) is 8.64.